The van der Waals surface area contributed by atoms with Crippen LogP contribution < -0.4 is 0 Å². The van der Waals surface area contributed by atoms with Crippen LogP contribution in [0.2, 0.25) is 0 Å². The lowest BCUT2D eigenvalue weighted by atomic mass is 10.1. The third-order valence-electron chi connectivity index (χ3n) is 3.04. The van der Waals surface area contributed by atoms with Crippen molar-refractivity contribution < 1.29 is 4.79 Å². The first-order valence-corrected chi connectivity index (χ1v) is 6.36. The van der Waals surface area contributed by atoms with Crippen molar-refractivity contribution in [2.75, 3.05) is 13.6 Å². The van der Waals surface area contributed by atoms with E-state index in [4.69, 9.17) is 5.26 Å². The minimum Gasteiger partial charge on any atom is -0.345 e. The lowest BCUT2D eigenvalue weighted by Gasteiger charge is -2.16. The Balaban J connectivity index is 2.39. The molecule has 1 aromatic carbocycles. The molecule has 0 spiro atoms. The molecule has 1 aromatic rings. The van der Waals surface area contributed by atoms with E-state index >= 15 is 0 Å². The SMILES string of the molecule is CCc1ccc(CCN(C)C(=O)CCC#N)cc1. The third kappa shape index (κ3) is 4.58. The highest BCUT2D eigenvalue weighted by Crippen LogP contribution is 2.06. The molecule has 0 radical (unpaired) electrons. The Morgan fingerprint density at radius 1 is 1.28 bits per heavy atom. The van der Waals surface area contributed by atoms with Gasteiger partial charge in [-0.3, -0.25) is 4.79 Å². The van der Waals surface area contributed by atoms with Crippen molar-refractivity contribution in [2.45, 2.75) is 32.6 Å². The van der Waals surface area contributed by atoms with E-state index in [9.17, 15) is 4.79 Å². The van der Waals surface area contributed by atoms with E-state index in [0.717, 1.165) is 12.8 Å². The average Bonchev–Trinajstić information content (AvgIpc) is 2.42. The van der Waals surface area contributed by atoms with E-state index in [0.29, 0.717) is 19.4 Å². The molecule has 1 amide bonds. The summed E-state index contributed by atoms with van der Waals surface area (Å²) in [5.74, 6) is 0.0433. The monoisotopic (exact) mass is 244 g/mol. The number of hydrogen-bond donors (Lipinski definition) is 0. The molecule has 0 fully saturated rings. The van der Waals surface area contributed by atoms with Gasteiger partial charge in [-0.2, -0.15) is 5.26 Å². The second-order valence-electron chi connectivity index (χ2n) is 4.39. The molecular weight excluding hydrogens is 224 g/mol. The van der Waals surface area contributed by atoms with Crippen LogP contribution in [0.25, 0.3) is 0 Å². The van der Waals surface area contributed by atoms with Crippen LogP contribution in [0.5, 0.6) is 0 Å². The van der Waals surface area contributed by atoms with Gasteiger partial charge >= 0.3 is 0 Å². The summed E-state index contributed by atoms with van der Waals surface area (Å²) in [6, 6.07) is 10.5. The first kappa shape index (κ1) is 14.2. The van der Waals surface area contributed by atoms with Gasteiger partial charge in [-0.15, -0.1) is 0 Å². The average molecular weight is 244 g/mol. The number of rotatable bonds is 6. The molecular formula is C15H20N2O. The van der Waals surface area contributed by atoms with Gasteiger partial charge in [0.15, 0.2) is 0 Å². The first-order valence-electron chi connectivity index (χ1n) is 6.36. The van der Waals surface area contributed by atoms with Crippen LogP contribution in [0.3, 0.4) is 0 Å². The van der Waals surface area contributed by atoms with Gasteiger partial charge in [0, 0.05) is 26.4 Å². The topological polar surface area (TPSA) is 44.1 Å². The van der Waals surface area contributed by atoms with Gasteiger partial charge in [0.1, 0.15) is 0 Å². The molecule has 18 heavy (non-hydrogen) atoms. The molecule has 0 bridgehead atoms. The molecule has 3 heteroatoms. The zero-order chi connectivity index (χ0) is 13.4. The van der Waals surface area contributed by atoms with Crippen molar-refractivity contribution in [2.24, 2.45) is 0 Å². The molecule has 0 saturated heterocycles. The lowest BCUT2D eigenvalue weighted by molar-refractivity contribution is -0.129. The van der Waals surface area contributed by atoms with Crippen LogP contribution in [0.15, 0.2) is 24.3 Å². The smallest absolute Gasteiger partial charge is 0.223 e. The molecule has 0 aliphatic carbocycles. The van der Waals surface area contributed by atoms with Crippen molar-refractivity contribution in [3.05, 3.63) is 35.4 Å². The van der Waals surface area contributed by atoms with Crippen molar-refractivity contribution in [1.82, 2.24) is 4.90 Å². The largest absolute Gasteiger partial charge is 0.345 e. The fourth-order valence-corrected chi connectivity index (χ4v) is 1.72. The Morgan fingerprint density at radius 3 is 2.44 bits per heavy atom. The maximum Gasteiger partial charge on any atom is 0.223 e. The minimum absolute atomic E-state index is 0.0433. The molecule has 0 heterocycles. The Morgan fingerprint density at radius 2 is 1.89 bits per heavy atom. The van der Waals surface area contributed by atoms with E-state index in [1.165, 1.54) is 11.1 Å². The second-order valence-corrected chi connectivity index (χ2v) is 4.39. The summed E-state index contributed by atoms with van der Waals surface area (Å²) in [5, 5.41) is 8.43. The number of carbonyl (C=O) groups is 1. The Labute approximate surface area is 109 Å². The fourth-order valence-electron chi connectivity index (χ4n) is 1.72. The van der Waals surface area contributed by atoms with Crippen LogP contribution >= 0.6 is 0 Å². The number of carbonyl (C=O) groups excluding carboxylic acids is 1. The van der Waals surface area contributed by atoms with Gasteiger partial charge in [-0.1, -0.05) is 31.2 Å². The van der Waals surface area contributed by atoms with Gasteiger partial charge < -0.3 is 4.90 Å². The summed E-state index contributed by atoms with van der Waals surface area (Å²) in [7, 11) is 1.79. The number of amides is 1. The first-order chi connectivity index (χ1) is 8.67. The van der Waals surface area contributed by atoms with Crippen molar-refractivity contribution in [3.8, 4) is 6.07 Å². The van der Waals surface area contributed by atoms with E-state index in [1.807, 2.05) is 6.07 Å². The number of hydrogen-bond acceptors (Lipinski definition) is 2. The maximum atomic E-state index is 11.6. The van der Waals surface area contributed by atoms with Crippen LogP contribution in [0.4, 0.5) is 0 Å². The molecule has 0 N–H and O–H groups in total. The Bertz CT molecular complexity index is 417. The predicted molar refractivity (Wildman–Crippen MR) is 72.0 cm³/mol. The van der Waals surface area contributed by atoms with E-state index in [-0.39, 0.29) is 5.91 Å². The number of nitriles is 1. The van der Waals surface area contributed by atoms with E-state index in [1.54, 1.807) is 11.9 Å². The van der Waals surface area contributed by atoms with Gasteiger partial charge in [-0.05, 0) is 24.0 Å². The summed E-state index contributed by atoms with van der Waals surface area (Å²) in [6.45, 7) is 2.84. The van der Waals surface area contributed by atoms with Crippen LogP contribution in [0.1, 0.15) is 30.9 Å². The number of benzene rings is 1. The van der Waals surface area contributed by atoms with Crippen LogP contribution in [0, 0.1) is 11.3 Å². The lowest BCUT2D eigenvalue weighted by Crippen LogP contribution is -2.28. The predicted octanol–water partition coefficient (Wildman–Crippen LogP) is 2.55. The quantitative estimate of drug-likeness (QED) is 0.772. The fraction of sp³-hybridized carbons (Fsp3) is 0.467. The van der Waals surface area contributed by atoms with E-state index < -0.39 is 0 Å². The highest BCUT2D eigenvalue weighted by molar-refractivity contribution is 5.76. The molecule has 0 saturated carbocycles. The van der Waals surface area contributed by atoms with Gasteiger partial charge in [0.05, 0.1) is 6.07 Å². The summed E-state index contributed by atoms with van der Waals surface area (Å²) in [4.78, 5) is 13.3. The van der Waals surface area contributed by atoms with Crippen LogP contribution in [-0.2, 0) is 17.6 Å². The van der Waals surface area contributed by atoms with Crippen molar-refractivity contribution >= 4 is 5.91 Å². The molecule has 0 atom stereocenters. The molecule has 0 aliphatic heterocycles. The number of aryl methyl sites for hydroxylation is 1. The highest BCUT2D eigenvalue weighted by atomic mass is 16.2. The summed E-state index contributed by atoms with van der Waals surface area (Å²) >= 11 is 0. The van der Waals surface area contributed by atoms with E-state index in [2.05, 4.69) is 31.2 Å². The Hall–Kier alpha value is -1.82. The van der Waals surface area contributed by atoms with Crippen molar-refractivity contribution in [3.63, 3.8) is 0 Å². The molecule has 96 valence electrons. The zero-order valence-corrected chi connectivity index (χ0v) is 11.1. The van der Waals surface area contributed by atoms with Crippen LogP contribution in [-0.4, -0.2) is 24.4 Å². The van der Waals surface area contributed by atoms with Crippen molar-refractivity contribution in [1.29, 1.82) is 5.26 Å². The zero-order valence-electron chi connectivity index (χ0n) is 11.1. The molecule has 1 rings (SSSR count). The molecule has 0 aliphatic rings. The summed E-state index contributed by atoms with van der Waals surface area (Å²) in [5.41, 5.74) is 2.57. The summed E-state index contributed by atoms with van der Waals surface area (Å²) in [6.07, 6.45) is 2.53. The maximum absolute atomic E-state index is 11.6. The number of likely N-dealkylation sites (N-methyl/N-ethyl adjacent to an activating group) is 1. The standard InChI is InChI=1S/C15H20N2O/c1-3-13-6-8-14(9-7-13)10-12-17(2)15(18)5-4-11-16/h6-9H,3-5,10,12H2,1-2H3. The van der Waals surface area contributed by atoms with Gasteiger partial charge in [0.2, 0.25) is 5.91 Å². The molecule has 0 aromatic heterocycles. The highest BCUT2D eigenvalue weighted by Gasteiger charge is 2.07. The minimum atomic E-state index is 0.0433. The molecule has 0 unspecified atom stereocenters. The normalized spacial score (nSPS) is 9.83. The summed E-state index contributed by atoms with van der Waals surface area (Å²) < 4.78 is 0. The number of nitrogens with zero attached hydrogens (tertiary/aromatic N) is 2. The van der Waals surface area contributed by atoms with Gasteiger partial charge in [0.25, 0.3) is 0 Å². The second kappa shape index (κ2) is 7.50. The third-order valence-corrected chi connectivity index (χ3v) is 3.04. The Kier molecular flexibility index (Phi) is 5.93. The van der Waals surface area contributed by atoms with Gasteiger partial charge in [-0.25, -0.2) is 0 Å². The molecule has 3 nitrogen and oxygen atoms in total.